The molecule has 1 fully saturated rings. The van der Waals surface area contributed by atoms with E-state index in [9.17, 15) is 4.79 Å². The van der Waals surface area contributed by atoms with Crippen LogP contribution in [0.15, 0.2) is 36.5 Å². The van der Waals surface area contributed by atoms with Gasteiger partial charge in [0.25, 0.3) is 5.91 Å². The molecule has 1 aliphatic heterocycles. The molecule has 0 aliphatic carbocycles. The van der Waals surface area contributed by atoms with Crippen LogP contribution in [0.4, 0.5) is 0 Å². The minimum absolute atomic E-state index is 0.161. The van der Waals surface area contributed by atoms with Crippen LogP contribution in [0.25, 0.3) is 17.0 Å². The molecule has 146 valence electrons. The number of nitrogens with one attached hydrogen (secondary N) is 1. The van der Waals surface area contributed by atoms with Gasteiger partial charge in [-0.1, -0.05) is 13.0 Å². The van der Waals surface area contributed by atoms with E-state index in [4.69, 9.17) is 4.74 Å². The Bertz CT molecular complexity index is 950. The molecule has 0 atom stereocenters. The molecule has 28 heavy (non-hydrogen) atoms. The molecular weight excluding hydrogens is 356 g/mol. The number of amides is 1. The first-order valence-electron chi connectivity index (χ1n) is 9.64. The number of hydrogen-bond donors (Lipinski definition) is 1. The molecular formula is C20H24N6O2. The minimum atomic E-state index is -0.161. The van der Waals surface area contributed by atoms with Gasteiger partial charge in [-0.25, -0.2) is 9.50 Å². The first-order chi connectivity index (χ1) is 13.7. The number of aryl methyl sites for hydroxylation is 1. The number of pyridine rings is 1. The summed E-state index contributed by atoms with van der Waals surface area (Å²) in [6, 6.07) is 9.38. The number of rotatable bonds is 6. The van der Waals surface area contributed by atoms with E-state index in [-0.39, 0.29) is 5.91 Å². The molecule has 1 amide bonds. The van der Waals surface area contributed by atoms with Crippen molar-refractivity contribution in [1.29, 1.82) is 0 Å². The Morgan fingerprint density at radius 3 is 2.82 bits per heavy atom. The van der Waals surface area contributed by atoms with Crippen molar-refractivity contribution < 1.29 is 9.53 Å². The molecule has 4 heterocycles. The summed E-state index contributed by atoms with van der Waals surface area (Å²) >= 11 is 0. The molecule has 1 aliphatic rings. The first-order valence-corrected chi connectivity index (χ1v) is 9.64. The monoisotopic (exact) mass is 380 g/mol. The summed E-state index contributed by atoms with van der Waals surface area (Å²) in [6.45, 7) is 6.77. The van der Waals surface area contributed by atoms with Crippen LogP contribution in [0.2, 0.25) is 0 Å². The van der Waals surface area contributed by atoms with Crippen LogP contribution in [0.1, 0.15) is 23.1 Å². The van der Waals surface area contributed by atoms with Crippen LogP contribution in [-0.4, -0.2) is 69.8 Å². The predicted molar refractivity (Wildman–Crippen MR) is 105 cm³/mol. The van der Waals surface area contributed by atoms with Crippen molar-refractivity contribution in [3.05, 3.63) is 47.9 Å². The summed E-state index contributed by atoms with van der Waals surface area (Å²) in [5, 5.41) is 7.59. The van der Waals surface area contributed by atoms with Gasteiger partial charge in [-0.2, -0.15) is 5.10 Å². The minimum Gasteiger partial charge on any atom is -0.379 e. The zero-order valence-electron chi connectivity index (χ0n) is 16.0. The van der Waals surface area contributed by atoms with Crippen molar-refractivity contribution in [2.24, 2.45) is 0 Å². The van der Waals surface area contributed by atoms with E-state index in [1.807, 2.05) is 37.3 Å². The highest BCUT2D eigenvalue weighted by atomic mass is 16.5. The summed E-state index contributed by atoms with van der Waals surface area (Å²) in [7, 11) is 0. The highest BCUT2D eigenvalue weighted by molar-refractivity contribution is 5.92. The molecule has 8 heteroatoms. The maximum Gasteiger partial charge on any atom is 0.270 e. The predicted octanol–water partition coefficient (Wildman–Crippen LogP) is 1.42. The van der Waals surface area contributed by atoms with Gasteiger partial charge in [-0.3, -0.25) is 14.7 Å². The highest BCUT2D eigenvalue weighted by Gasteiger charge is 2.15. The van der Waals surface area contributed by atoms with Gasteiger partial charge in [0.2, 0.25) is 0 Å². The van der Waals surface area contributed by atoms with E-state index < -0.39 is 0 Å². The van der Waals surface area contributed by atoms with Gasteiger partial charge in [-0.15, -0.1) is 0 Å². The standard InChI is InChI=1S/C20H24N6O2/c1-2-15-13-18(20(27)22-7-8-25-9-11-28-12-10-25)23-19-14-17(24-26(15)19)16-5-3-4-6-21-16/h3-6,13-14H,2,7-12H2,1H3,(H,22,27). The second-order valence-electron chi connectivity index (χ2n) is 6.71. The summed E-state index contributed by atoms with van der Waals surface area (Å²) in [4.78, 5) is 23.8. The lowest BCUT2D eigenvalue weighted by Gasteiger charge is -2.26. The molecule has 0 saturated carbocycles. The Hall–Kier alpha value is -2.84. The van der Waals surface area contributed by atoms with E-state index in [0.717, 1.165) is 56.4 Å². The number of nitrogens with zero attached hydrogens (tertiary/aromatic N) is 5. The number of hydrogen-bond acceptors (Lipinski definition) is 6. The summed E-state index contributed by atoms with van der Waals surface area (Å²) in [6.07, 6.45) is 2.48. The van der Waals surface area contributed by atoms with Gasteiger partial charge in [-0.05, 0) is 24.6 Å². The average molecular weight is 380 g/mol. The summed E-state index contributed by atoms with van der Waals surface area (Å²) in [5.41, 5.74) is 3.53. The second-order valence-corrected chi connectivity index (χ2v) is 6.71. The van der Waals surface area contributed by atoms with Crippen molar-refractivity contribution in [1.82, 2.24) is 29.8 Å². The smallest absolute Gasteiger partial charge is 0.270 e. The number of fused-ring (bicyclic) bond motifs is 1. The Kier molecular flexibility index (Phi) is 5.59. The average Bonchev–Trinajstić information content (AvgIpc) is 3.18. The Morgan fingerprint density at radius 2 is 2.07 bits per heavy atom. The molecule has 3 aromatic heterocycles. The van der Waals surface area contributed by atoms with Crippen molar-refractivity contribution in [2.45, 2.75) is 13.3 Å². The fraction of sp³-hybridized carbons (Fsp3) is 0.400. The maximum absolute atomic E-state index is 12.6. The number of aromatic nitrogens is 4. The van der Waals surface area contributed by atoms with Crippen LogP contribution in [0.3, 0.4) is 0 Å². The van der Waals surface area contributed by atoms with Crippen molar-refractivity contribution >= 4 is 11.6 Å². The third kappa shape index (κ3) is 4.02. The van der Waals surface area contributed by atoms with E-state index in [1.165, 1.54) is 0 Å². The largest absolute Gasteiger partial charge is 0.379 e. The fourth-order valence-electron chi connectivity index (χ4n) is 3.29. The molecule has 0 spiro atoms. The Morgan fingerprint density at radius 1 is 1.21 bits per heavy atom. The SMILES string of the molecule is CCc1cc(C(=O)NCCN2CCOCC2)nc2cc(-c3ccccn3)nn12. The van der Waals surface area contributed by atoms with E-state index in [1.54, 1.807) is 10.7 Å². The van der Waals surface area contributed by atoms with Gasteiger partial charge in [0.1, 0.15) is 11.4 Å². The van der Waals surface area contributed by atoms with Gasteiger partial charge in [0, 0.05) is 44.1 Å². The van der Waals surface area contributed by atoms with Gasteiger partial charge in [0.05, 0.1) is 18.9 Å². The third-order valence-electron chi connectivity index (χ3n) is 4.84. The lowest BCUT2D eigenvalue weighted by molar-refractivity contribution is 0.0383. The van der Waals surface area contributed by atoms with Crippen molar-refractivity contribution in [2.75, 3.05) is 39.4 Å². The van der Waals surface area contributed by atoms with Crippen LogP contribution < -0.4 is 5.32 Å². The normalized spacial score (nSPS) is 15.0. The Balaban J connectivity index is 1.51. The van der Waals surface area contributed by atoms with E-state index in [2.05, 4.69) is 25.3 Å². The van der Waals surface area contributed by atoms with E-state index >= 15 is 0 Å². The summed E-state index contributed by atoms with van der Waals surface area (Å²) in [5.74, 6) is -0.161. The topological polar surface area (TPSA) is 84.7 Å². The molecule has 3 aromatic rings. The zero-order chi connectivity index (χ0) is 19.3. The quantitative estimate of drug-likeness (QED) is 0.696. The maximum atomic E-state index is 12.6. The van der Waals surface area contributed by atoms with Gasteiger partial charge >= 0.3 is 0 Å². The molecule has 1 N–H and O–H groups in total. The highest BCUT2D eigenvalue weighted by Crippen LogP contribution is 2.18. The molecule has 4 rings (SSSR count). The molecule has 0 bridgehead atoms. The lowest BCUT2D eigenvalue weighted by Crippen LogP contribution is -2.41. The van der Waals surface area contributed by atoms with Crippen molar-refractivity contribution in [3.63, 3.8) is 0 Å². The molecule has 0 radical (unpaired) electrons. The molecule has 1 saturated heterocycles. The van der Waals surface area contributed by atoms with Gasteiger partial charge < -0.3 is 10.1 Å². The number of carbonyl (C=O) groups is 1. The van der Waals surface area contributed by atoms with Crippen LogP contribution in [-0.2, 0) is 11.2 Å². The third-order valence-corrected chi connectivity index (χ3v) is 4.84. The molecule has 0 aromatic carbocycles. The summed E-state index contributed by atoms with van der Waals surface area (Å²) < 4.78 is 7.13. The second kappa shape index (κ2) is 8.45. The van der Waals surface area contributed by atoms with E-state index in [0.29, 0.717) is 17.9 Å². The zero-order valence-corrected chi connectivity index (χ0v) is 16.0. The Labute approximate surface area is 163 Å². The van der Waals surface area contributed by atoms with Crippen LogP contribution in [0.5, 0.6) is 0 Å². The van der Waals surface area contributed by atoms with Crippen LogP contribution >= 0.6 is 0 Å². The lowest BCUT2D eigenvalue weighted by atomic mass is 10.2. The fourth-order valence-corrected chi connectivity index (χ4v) is 3.29. The molecule has 0 unspecified atom stereocenters. The van der Waals surface area contributed by atoms with Crippen molar-refractivity contribution in [3.8, 4) is 11.4 Å². The number of morpholine rings is 1. The van der Waals surface area contributed by atoms with Crippen LogP contribution in [0, 0.1) is 0 Å². The van der Waals surface area contributed by atoms with Gasteiger partial charge in [0.15, 0.2) is 5.65 Å². The number of carbonyl (C=O) groups excluding carboxylic acids is 1. The number of ether oxygens (including phenoxy) is 1. The molecule has 8 nitrogen and oxygen atoms in total. The first kappa shape index (κ1) is 18.5.